The Labute approximate surface area is 96.6 Å². The Morgan fingerprint density at radius 2 is 1.60 bits per heavy atom. The Morgan fingerprint density at radius 3 is 2.00 bits per heavy atom. The fraction of sp³-hybridized carbons (Fsp3) is 0.923. The van der Waals surface area contributed by atoms with Gasteiger partial charge in [-0.2, -0.15) is 0 Å². The molecule has 0 aromatic heterocycles. The van der Waals surface area contributed by atoms with E-state index in [-0.39, 0.29) is 0 Å². The smallest absolute Gasteiger partial charge is 0.00103 e. The molecular weight excluding hydrogens is 184 g/mol. The quantitative estimate of drug-likeness (QED) is 0.581. The second-order valence-electron chi connectivity index (χ2n) is 4.78. The van der Waals surface area contributed by atoms with Gasteiger partial charge in [0, 0.05) is 13.1 Å². The summed E-state index contributed by atoms with van der Waals surface area (Å²) in [5.74, 6) is 0.700. The molecule has 0 aliphatic carbocycles. The van der Waals surface area contributed by atoms with E-state index in [4.69, 9.17) is 0 Å². The summed E-state index contributed by atoms with van der Waals surface area (Å²) < 4.78 is 0. The molecule has 2 heteroatoms. The molecule has 0 fully saturated rings. The topological polar surface area (TPSA) is 6.48 Å². The van der Waals surface area contributed by atoms with Crippen molar-refractivity contribution in [2.45, 2.75) is 33.6 Å². The number of hydrogen-bond donors (Lipinski definition) is 0. The van der Waals surface area contributed by atoms with Crippen LogP contribution < -0.4 is 0 Å². The molecule has 1 radical (unpaired) electrons. The molecule has 0 spiro atoms. The third kappa shape index (κ3) is 8.88. The maximum absolute atomic E-state index is 2.58. The van der Waals surface area contributed by atoms with Crippen molar-refractivity contribution in [2.75, 3.05) is 40.3 Å². The monoisotopic (exact) mass is 213 g/mol. The zero-order chi connectivity index (χ0) is 11.7. The Morgan fingerprint density at radius 1 is 1.07 bits per heavy atom. The Balaban J connectivity index is 3.72. The van der Waals surface area contributed by atoms with Gasteiger partial charge in [-0.25, -0.2) is 0 Å². The molecule has 2 nitrogen and oxygen atoms in total. The molecule has 0 aliphatic rings. The van der Waals surface area contributed by atoms with Crippen LogP contribution in [0.5, 0.6) is 0 Å². The lowest BCUT2D eigenvalue weighted by atomic mass is 10.1. The molecule has 0 bridgehead atoms. The van der Waals surface area contributed by atoms with Crippen LogP contribution in [0.1, 0.15) is 33.6 Å². The van der Waals surface area contributed by atoms with Crippen molar-refractivity contribution in [1.29, 1.82) is 0 Å². The fourth-order valence-corrected chi connectivity index (χ4v) is 1.80. The van der Waals surface area contributed by atoms with E-state index in [1.54, 1.807) is 0 Å². The molecule has 1 unspecified atom stereocenters. The van der Waals surface area contributed by atoms with E-state index in [1.807, 2.05) is 0 Å². The zero-order valence-corrected chi connectivity index (χ0v) is 11.3. The predicted molar refractivity (Wildman–Crippen MR) is 69.0 cm³/mol. The van der Waals surface area contributed by atoms with Crippen LogP contribution in [0.25, 0.3) is 0 Å². The Bertz CT molecular complexity index is 128. The first-order chi connectivity index (χ1) is 7.10. The first-order valence-corrected chi connectivity index (χ1v) is 6.30. The van der Waals surface area contributed by atoms with Gasteiger partial charge in [0.25, 0.3) is 0 Å². The minimum atomic E-state index is 0.700. The Kier molecular flexibility index (Phi) is 9.12. The van der Waals surface area contributed by atoms with Crippen LogP contribution in [0.2, 0.25) is 0 Å². The van der Waals surface area contributed by atoms with Gasteiger partial charge in [0.15, 0.2) is 0 Å². The summed E-state index contributed by atoms with van der Waals surface area (Å²) in [4.78, 5) is 4.80. The fourth-order valence-electron chi connectivity index (χ4n) is 1.80. The Hall–Kier alpha value is -0.0800. The van der Waals surface area contributed by atoms with Gasteiger partial charge in [0.1, 0.15) is 0 Å². The summed E-state index contributed by atoms with van der Waals surface area (Å²) in [6, 6.07) is 0. The van der Waals surface area contributed by atoms with Crippen molar-refractivity contribution >= 4 is 0 Å². The zero-order valence-electron chi connectivity index (χ0n) is 11.3. The van der Waals surface area contributed by atoms with Gasteiger partial charge >= 0.3 is 0 Å². The van der Waals surface area contributed by atoms with Crippen LogP contribution in [0.4, 0.5) is 0 Å². The van der Waals surface area contributed by atoms with Crippen molar-refractivity contribution in [3.05, 3.63) is 6.42 Å². The molecule has 0 heterocycles. The average Bonchev–Trinajstić information content (AvgIpc) is 2.15. The molecule has 0 N–H and O–H groups in total. The van der Waals surface area contributed by atoms with Crippen molar-refractivity contribution in [2.24, 2.45) is 5.92 Å². The van der Waals surface area contributed by atoms with Crippen molar-refractivity contribution in [1.82, 2.24) is 9.80 Å². The molecule has 0 saturated carbocycles. The van der Waals surface area contributed by atoms with E-state index in [2.05, 4.69) is 51.1 Å². The number of nitrogens with zero attached hydrogens (tertiary/aromatic N) is 2. The molecule has 0 aromatic carbocycles. The molecule has 0 aromatic rings. The molecule has 1 atom stereocenters. The maximum Gasteiger partial charge on any atom is 0.00103 e. The van der Waals surface area contributed by atoms with Gasteiger partial charge in [0.2, 0.25) is 0 Å². The molecule has 0 rings (SSSR count). The highest BCUT2D eigenvalue weighted by Crippen LogP contribution is 2.06. The van der Waals surface area contributed by atoms with Gasteiger partial charge in [-0.1, -0.05) is 20.8 Å². The van der Waals surface area contributed by atoms with E-state index >= 15 is 0 Å². The standard InChI is InChI=1S/C13H29N2/c1-6-9-15(10-7-2)12-13(3)8-11-14(4)5/h8,13H,6-7,9-12H2,1-5H3. The van der Waals surface area contributed by atoms with Crippen LogP contribution in [0.15, 0.2) is 0 Å². The molecule has 91 valence electrons. The highest BCUT2D eigenvalue weighted by atomic mass is 15.1. The lowest BCUT2D eigenvalue weighted by molar-refractivity contribution is 0.244. The summed E-state index contributed by atoms with van der Waals surface area (Å²) in [5, 5.41) is 0. The summed E-state index contributed by atoms with van der Waals surface area (Å²) >= 11 is 0. The van der Waals surface area contributed by atoms with Crippen LogP contribution in [0.3, 0.4) is 0 Å². The van der Waals surface area contributed by atoms with Crippen LogP contribution >= 0.6 is 0 Å². The lowest BCUT2D eigenvalue weighted by Crippen LogP contribution is -2.31. The second-order valence-corrected chi connectivity index (χ2v) is 4.78. The number of hydrogen-bond acceptors (Lipinski definition) is 2. The highest BCUT2D eigenvalue weighted by Gasteiger charge is 2.09. The molecule has 15 heavy (non-hydrogen) atoms. The van der Waals surface area contributed by atoms with Gasteiger partial charge in [-0.15, -0.1) is 0 Å². The highest BCUT2D eigenvalue weighted by molar-refractivity contribution is 4.77. The SMILES string of the molecule is CCCN(CCC)CC(C)[CH]CN(C)C. The molecular formula is C13H29N2. The van der Waals surface area contributed by atoms with Gasteiger partial charge in [-0.3, -0.25) is 0 Å². The number of rotatable bonds is 9. The lowest BCUT2D eigenvalue weighted by Gasteiger charge is -2.25. The maximum atomic E-state index is 2.58. The molecule has 0 aliphatic heterocycles. The van der Waals surface area contributed by atoms with E-state index in [9.17, 15) is 0 Å². The van der Waals surface area contributed by atoms with Gasteiger partial charge in [0.05, 0.1) is 0 Å². The summed E-state index contributed by atoms with van der Waals surface area (Å²) in [5.41, 5.74) is 0. The summed E-state index contributed by atoms with van der Waals surface area (Å²) in [7, 11) is 4.25. The van der Waals surface area contributed by atoms with Crippen molar-refractivity contribution in [3.8, 4) is 0 Å². The minimum absolute atomic E-state index is 0.700. The van der Waals surface area contributed by atoms with Crippen LogP contribution in [0, 0.1) is 12.3 Å². The third-order valence-corrected chi connectivity index (χ3v) is 2.50. The molecule has 0 saturated heterocycles. The second kappa shape index (κ2) is 9.17. The third-order valence-electron chi connectivity index (χ3n) is 2.50. The largest absolute Gasteiger partial charge is 0.309 e. The molecule has 0 amide bonds. The average molecular weight is 213 g/mol. The minimum Gasteiger partial charge on any atom is -0.309 e. The van der Waals surface area contributed by atoms with Crippen molar-refractivity contribution < 1.29 is 0 Å². The van der Waals surface area contributed by atoms with E-state index in [0.717, 1.165) is 6.54 Å². The first kappa shape index (κ1) is 14.9. The summed E-state index contributed by atoms with van der Waals surface area (Å²) in [6.07, 6.45) is 4.94. The van der Waals surface area contributed by atoms with E-state index in [0.29, 0.717) is 5.92 Å². The van der Waals surface area contributed by atoms with Crippen LogP contribution in [-0.2, 0) is 0 Å². The summed E-state index contributed by atoms with van der Waals surface area (Å²) in [6.45, 7) is 11.6. The predicted octanol–water partition coefficient (Wildman–Crippen LogP) is 2.51. The van der Waals surface area contributed by atoms with Crippen LogP contribution in [-0.4, -0.2) is 50.1 Å². The first-order valence-electron chi connectivity index (χ1n) is 6.30. The van der Waals surface area contributed by atoms with Gasteiger partial charge in [-0.05, 0) is 52.4 Å². The van der Waals surface area contributed by atoms with Crippen molar-refractivity contribution in [3.63, 3.8) is 0 Å². The van der Waals surface area contributed by atoms with E-state index < -0.39 is 0 Å². The normalized spacial score (nSPS) is 13.8. The van der Waals surface area contributed by atoms with E-state index in [1.165, 1.54) is 32.5 Å². The van der Waals surface area contributed by atoms with Gasteiger partial charge < -0.3 is 9.80 Å².